The van der Waals surface area contributed by atoms with Crippen LogP contribution in [0.1, 0.15) is 38.5 Å². The van der Waals surface area contributed by atoms with Crippen LogP contribution in [0.2, 0.25) is 0 Å². The molecule has 0 aromatic heterocycles. The molecule has 1 saturated carbocycles. The van der Waals surface area contributed by atoms with Gasteiger partial charge < -0.3 is 25.2 Å². The quantitative estimate of drug-likeness (QED) is 0.673. The van der Waals surface area contributed by atoms with Gasteiger partial charge in [-0.05, 0) is 56.4 Å². The van der Waals surface area contributed by atoms with E-state index in [1.165, 1.54) is 0 Å². The molecule has 3 atom stereocenters. The molecule has 2 fully saturated rings. The molecule has 1 aromatic carbocycles. The summed E-state index contributed by atoms with van der Waals surface area (Å²) in [5.41, 5.74) is 0.737. The smallest absolute Gasteiger partial charge is 0.238 e. The number of halogens is 1. The molecule has 1 amide bonds. The molecular weight excluding hydrogens is 356 g/mol. The molecule has 0 spiro atoms. The van der Waals surface area contributed by atoms with E-state index in [0.29, 0.717) is 6.54 Å². The van der Waals surface area contributed by atoms with Gasteiger partial charge in [-0.2, -0.15) is 0 Å². The molecule has 146 valence electrons. The Morgan fingerprint density at radius 2 is 1.92 bits per heavy atom. The molecule has 0 bridgehead atoms. The molecule has 3 rings (SSSR count). The van der Waals surface area contributed by atoms with Gasteiger partial charge >= 0.3 is 0 Å². The Morgan fingerprint density at radius 3 is 2.62 bits per heavy atom. The van der Waals surface area contributed by atoms with Crippen LogP contribution in [0.15, 0.2) is 24.3 Å². The summed E-state index contributed by atoms with van der Waals surface area (Å²) in [6.07, 6.45) is 5.73. The number of benzene rings is 1. The molecule has 6 nitrogen and oxygen atoms in total. The highest BCUT2D eigenvalue weighted by Gasteiger charge is 2.24. The van der Waals surface area contributed by atoms with Crippen LogP contribution in [0.3, 0.4) is 0 Å². The fraction of sp³-hybridized carbons (Fsp3) is 0.632. The van der Waals surface area contributed by atoms with Gasteiger partial charge in [-0.25, -0.2) is 0 Å². The van der Waals surface area contributed by atoms with Crippen LogP contribution in [0.25, 0.3) is 0 Å². The first kappa shape index (κ1) is 21.0. The number of rotatable bonds is 7. The normalized spacial score (nSPS) is 25.3. The fourth-order valence-corrected chi connectivity index (χ4v) is 3.36. The van der Waals surface area contributed by atoms with Gasteiger partial charge in [0, 0.05) is 18.8 Å². The lowest BCUT2D eigenvalue weighted by Gasteiger charge is -2.28. The molecule has 26 heavy (non-hydrogen) atoms. The van der Waals surface area contributed by atoms with Crippen molar-refractivity contribution in [3.05, 3.63) is 24.3 Å². The highest BCUT2D eigenvalue weighted by molar-refractivity contribution is 5.92. The van der Waals surface area contributed by atoms with Crippen molar-refractivity contribution in [1.29, 1.82) is 0 Å². The first-order valence-electron chi connectivity index (χ1n) is 9.27. The summed E-state index contributed by atoms with van der Waals surface area (Å²) in [4.78, 5) is 12.0. The first-order valence-corrected chi connectivity index (χ1v) is 9.27. The minimum Gasteiger partial charge on any atom is -0.488 e. The topological polar surface area (TPSA) is 79.8 Å². The zero-order chi connectivity index (χ0) is 17.5. The van der Waals surface area contributed by atoms with Crippen LogP contribution in [0, 0.1) is 0 Å². The van der Waals surface area contributed by atoms with Gasteiger partial charge in [0.1, 0.15) is 11.9 Å². The SMILES string of the molecule is Cl.O=C(CNCC1CCCO1)Nc1ccc(OC2CCCCC2O)cc1. The lowest BCUT2D eigenvalue weighted by Crippen LogP contribution is -2.34. The van der Waals surface area contributed by atoms with Gasteiger partial charge in [0.25, 0.3) is 0 Å². The van der Waals surface area contributed by atoms with Crippen LogP contribution in [-0.4, -0.2) is 49.0 Å². The number of aliphatic hydroxyl groups excluding tert-OH is 1. The van der Waals surface area contributed by atoms with Crippen molar-refractivity contribution in [2.75, 3.05) is 25.0 Å². The summed E-state index contributed by atoms with van der Waals surface area (Å²) >= 11 is 0. The van der Waals surface area contributed by atoms with E-state index < -0.39 is 0 Å². The second kappa shape index (κ2) is 10.7. The molecular formula is C19H29ClN2O4. The number of amides is 1. The van der Waals surface area contributed by atoms with E-state index in [1.54, 1.807) is 0 Å². The number of nitrogens with one attached hydrogen (secondary N) is 2. The van der Waals surface area contributed by atoms with Crippen molar-refractivity contribution in [2.45, 2.75) is 56.8 Å². The van der Waals surface area contributed by atoms with Crippen molar-refractivity contribution in [3.63, 3.8) is 0 Å². The first-order chi connectivity index (χ1) is 12.2. The summed E-state index contributed by atoms with van der Waals surface area (Å²) in [6, 6.07) is 7.30. The molecule has 7 heteroatoms. The highest BCUT2D eigenvalue weighted by Crippen LogP contribution is 2.24. The van der Waals surface area contributed by atoms with Gasteiger partial charge in [-0.3, -0.25) is 4.79 Å². The third-order valence-corrected chi connectivity index (χ3v) is 4.77. The van der Waals surface area contributed by atoms with Crippen LogP contribution in [-0.2, 0) is 9.53 Å². The summed E-state index contributed by atoms with van der Waals surface area (Å²) < 4.78 is 11.4. The molecule has 3 unspecified atom stereocenters. The number of carbonyl (C=O) groups is 1. The van der Waals surface area contributed by atoms with E-state index >= 15 is 0 Å². The van der Waals surface area contributed by atoms with Gasteiger partial charge in [0.15, 0.2) is 0 Å². The van der Waals surface area contributed by atoms with Crippen molar-refractivity contribution in [2.24, 2.45) is 0 Å². The Bertz CT molecular complexity index is 549. The molecule has 1 saturated heterocycles. The largest absolute Gasteiger partial charge is 0.488 e. The third kappa shape index (κ3) is 6.43. The van der Waals surface area contributed by atoms with Crippen LogP contribution in [0.4, 0.5) is 5.69 Å². The van der Waals surface area contributed by atoms with E-state index in [-0.39, 0.29) is 43.2 Å². The molecule has 1 aliphatic carbocycles. The van der Waals surface area contributed by atoms with E-state index in [2.05, 4.69) is 10.6 Å². The highest BCUT2D eigenvalue weighted by atomic mass is 35.5. The number of hydrogen-bond acceptors (Lipinski definition) is 5. The van der Waals surface area contributed by atoms with Crippen molar-refractivity contribution in [3.8, 4) is 5.75 Å². The molecule has 1 aliphatic heterocycles. The predicted molar refractivity (Wildman–Crippen MR) is 103 cm³/mol. The Morgan fingerprint density at radius 1 is 1.15 bits per heavy atom. The number of aliphatic hydroxyl groups is 1. The standard InChI is InChI=1S/C19H28N2O4.ClH/c22-17-5-1-2-6-18(17)25-15-9-7-14(8-10-15)21-19(23)13-20-12-16-4-3-11-24-16;/h7-10,16-18,20,22H,1-6,11-13H2,(H,21,23);1H. The second-order valence-corrected chi connectivity index (χ2v) is 6.85. The van der Waals surface area contributed by atoms with Crippen molar-refractivity contribution in [1.82, 2.24) is 5.32 Å². The van der Waals surface area contributed by atoms with E-state index in [0.717, 1.165) is 56.6 Å². The third-order valence-electron chi connectivity index (χ3n) is 4.77. The Balaban J connectivity index is 0.00000243. The molecule has 2 aliphatic rings. The van der Waals surface area contributed by atoms with Crippen LogP contribution in [0.5, 0.6) is 5.75 Å². The van der Waals surface area contributed by atoms with E-state index in [4.69, 9.17) is 9.47 Å². The molecule has 1 aromatic rings. The van der Waals surface area contributed by atoms with E-state index in [1.807, 2.05) is 24.3 Å². The summed E-state index contributed by atoms with van der Waals surface area (Å²) in [5.74, 6) is 0.648. The average molecular weight is 385 g/mol. The maximum Gasteiger partial charge on any atom is 0.238 e. The molecule has 3 N–H and O–H groups in total. The van der Waals surface area contributed by atoms with Crippen LogP contribution >= 0.6 is 12.4 Å². The molecule has 1 heterocycles. The molecule has 0 radical (unpaired) electrons. The number of anilines is 1. The Kier molecular flexibility index (Phi) is 8.65. The Labute approximate surface area is 161 Å². The number of carbonyl (C=O) groups excluding carboxylic acids is 1. The van der Waals surface area contributed by atoms with Crippen LogP contribution < -0.4 is 15.4 Å². The minimum absolute atomic E-state index is 0. The number of ether oxygens (including phenoxy) is 2. The lowest BCUT2D eigenvalue weighted by atomic mass is 9.95. The van der Waals surface area contributed by atoms with Gasteiger partial charge in [-0.15, -0.1) is 12.4 Å². The fourth-order valence-electron chi connectivity index (χ4n) is 3.36. The van der Waals surface area contributed by atoms with Gasteiger partial charge in [-0.1, -0.05) is 6.42 Å². The summed E-state index contributed by atoms with van der Waals surface area (Å²) in [6.45, 7) is 1.81. The average Bonchev–Trinajstić information content (AvgIpc) is 3.12. The minimum atomic E-state index is -0.386. The van der Waals surface area contributed by atoms with Crippen molar-refractivity contribution >= 4 is 24.0 Å². The number of hydrogen-bond donors (Lipinski definition) is 3. The van der Waals surface area contributed by atoms with Crippen molar-refractivity contribution < 1.29 is 19.4 Å². The summed E-state index contributed by atoms with van der Waals surface area (Å²) in [7, 11) is 0. The van der Waals surface area contributed by atoms with Gasteiger partial charge in [0.2, 0.25) is 5.91 Å². The van der Waals surface area contributed by atoms with E-state index in [9.17, 15) is 9.90 Å². The second-order valence-electron chi connectivity index (χ2n) is 6.85. The Hall–Kier alpha value is -1.34. The lowest BCUT2D eigenvalue weighted by molar-refractivity contribution is -0.115. The zero-order valence-corrected chi connectivity index (χ0v) is 15.8. The monoisotopic (exact) mass is 384 g/mol. The zero-order valence-electron chi connectivity index (χ0n) is 15.0. The predicted octanol–water partition coefficient (Wildman–Crippen LogP) is 2.50. The summed E-state index contributed by atoms with van der Waals surface area (Å²) in [5, 5.41) is 16.0. The maximum absolute atomic E-state index is 12.0. The maximum atomic E-state index is 12.0. The van der Waals surface area contributed by atoms with Gasteiger partial charge in [0.05, 0.1) is 18.8 Å².